The predicted molar refractivity (Wildman–Crippen MR) is 117 cm³/mol. The Bertz CT molecular complexity index is 1280. The molecule has 0 atom stereocenters. The number of amides is 1. The molecule has 4 aromatic rings. The summed E-state index contributed by atoms with van der Waals surface area (Å²) in [6, 6.07) is 9.62. The molecule has 30 heavy (non-hydrogen) atoms. The van der Waals surface area contributed by atoms with Crippen LogP contribution < -0.4 is 10.9 Å². The summed E-state index contributed by atoms with van der Waals surface area (Å²) in [6.45, 7) is 6.45. The van der Waals surface area contributed by atoms with E-state index in [1.165, 1.54) is 4.68 Å². The van der Waals surface area contributed by atoms with Crippen molar-refractivity contribution in [1.82, 2.24) is 14.2 Å². The minimum atomic E-state index is -0.175. The lowest BCUT2D eigenvalue weighted by atomic mass is 10.1. The summed E-state index contributed by atoms with van der Waals surface area (Å²) in [4.78, 5) is 25.4. The van der Waals surface area contributed by atoms with Gasteiger partial charge in [0.15, 0.2) is 5.58 Å². The van der Waals surface area contributed by atoms with Gasteiger partial charge >= 0.3 is 0 Å². The molecule has 156 valence electrons. The Morgan fingerprint density at radius 2 is 2.00 bits per heavy atom. The number of rotatable bonds is 7. The van der Waals surface area contributed by atoms with Crippen molar-refractivity contribution < 1.29 is 9.21 Å². The number of aryl methyl sites for hydroxylation is 4. The van der Waals surface area contributed by atoms with Crippen molar-refractivity contribution in [3.8, 4) is 0 Å². The normalized spacial score (nSPS) is 11.4. The Kier molecular flexibility index (Phi) is 5.44. The highest BCUT2D eigenvalue weighted by atomic mass is 16.3. The molecule has 0 bridgehead atoms. The van der Waals surface area contributed by atoms with Gasteiger partial charge in [0.2, 0.25) is 5.91 Å². The summed E-state index contributed by atoms with van der Waals surface area (Å²) < 4.78 is 8.77. The van der Waals surface area contributed by atoms with Crippen LogP contribution in [0.15, 0.2) is 45.8 Å². The van der Waals surface area contributed by atoms with E-state index in [1.54, 1.807) is 12.3 Å². The number of carbonyl (C=O) groups excluding carboxylic acids is 1. The third kappa shape index (κ3) is 3.51. The molecule has 0 radical (unpaired) electrons. The molecule has 1 aromatic carbocycles. The van der Waals surface area contributed by atoms with E-state index in [4.69, 9.17) is 4.42 Å². The van der Waals surface area contributed by atoms with E-state index in [2.05, 4.69) is 17.3 Å². The number of anilines is 1. The fourth-order valence-corrected chi connectivity index (χ4v) is 3.90. The highest BCUT2D eigenvalue weighted by Crippen LogP contribution is 2.22. The smallest absolute Gasteiger partial charge is 0.291 e. The molecule has 4 rings (SSSR count). The van der Waals surface area contributed by atoms with Gasteiger partial charge in [0.1, 0.15) is 11.3 Å². The van der Waals surface area contributed by atoms with E-state index in [0.717, 1.165) is 34.6 Å². The average Bonchev–Trinajstić information content (AvgIpc) is 3.33. The first-order chi connectivity index (χ1) is 14.5. The Morgan fingerprint density at radius 3 is 2.77 bits per heavy atom. The third-order valence-electron chi connectivity index (χ3n) is 5.47. The van der Waals surface area contributed by atoms with E-state index >= 15 is 0 Å². The minimum Gasteiger partial charge on any atom is -0.463 e. The minimum absolute atomic E-state index is 0.0518. The second-order valence-corrected chi connectivity index (χ2v) is 7.45. The van der Waals surface area contributed by atoms with Crippen LogP contribution in [0.3, 0.4) is 0 Å². The van der Waals surface area contributed by atoms with Crippen molar-refractivity contribution in [1.29, 1.82) is 0 Å². The first-order valence-corrected chi connectivity index (χ1v) is 10.4. The Labute approximate surface area is 174 Å². The van der Waals surface area contributed by atoms with Crippen LogP contribution in [-0.2, 0) is 24.2 Å². The summed E-state index contributed by atoms with van der Waals surface area (Å²) in [5.41, 5.74) is 4.96. The zero-order chi connectivity index (χ0) is 21.3. The second-order valence-electron chi connectivity index (χ2n) is 7.45. The molecule has 0 fully saturated rings. The second kappa shape index (κ2) is 8.18. The van der Waals surface area contributed by atoms with Gasteiger partial charge in [-0.15, -0.1) is 0 Å². The van der Waals surface area contributed by atoms with Crippen LogP contribution in [0.25, 0.3) is 16.6 Å². The van der Waals surface area contributed by atoms with Gasteiger partial charge in [-0.3, -0.25) is 14.0 Å². The van der Waals surface area contributed by atoms with E-state index in [-0.39, 0.29) is 11.5 Å². The molecular formula is C23H26N4O3. The topological polar surface area (TPSA) is 81.5 Å². The maximum absolute atomic E-state index is 12.9. The predicted octanol–water partition coefficient (Wildman–Crippen LogP) is 4.09. The highest BCUT2D eigenvalue weighted by Gasteiger charge is 2.15. The van der Waals surface area contributed by atoms with Crippen LogP contribution in [0.1, 0.15) is 43.6 Å². The van der Waals surface area contributed by atoms with Crippen LogP contribution in [0.5, 0.6) is 0 Å². The van der Waals surface area contributed by atoms with Gasteiger partial charge in [0.05, 0.1) is 11.8 Å². The molecule has 0 unspecified atom stereocenters. The van der Waals surface area contributed by atoms with Gasteiger partial charge in [-0.25, -0.2) is 4.68 Å². The van der Waals surface area contributed by atoms with Crippen LogP contribution in [0.4, 0.5) is 5.69 Å². The zero-order valence-corrected chi connectivity index (χ0v) is 17.6. The molecule has 0 aliphatic carbocycles. The van der Waals surface area contributed by atoms with E-state index in [1.807, 2.05) is 42.5 Å². The molecule has 3 aromatic heterocycles. The standard InChI is InChI=1S/C23H26N4O3/c1-4-16-9-6-8-15(3)22(16)24-21(28)10-7-12-26-23(29)18-14-19-17(11-13-30-19)27(18)20(5-2)25-26/h6,8-9,11,13-14H,4-5,7,10,12H2,1-3H3,(H,24,28). The van der Waals surface area contributed by atoms with Gasteiger partial charge in [-0.05, 0) is 30.9 Å². The van der Waals surface area contributed by atoms with Gasteiger partial charge in [-0.2, -0.15) is 5.10 Å². The molecule has 0 saturated heterocycles. The largest absolute Gasteiger partial charge is 0.463 e. The van der Waals surface area contributed by atoms with E-state index in [0.29, 0.717) is 36.9 Å². The van der Waals surface area contributed by atoms with E-state index < -0.39 is 0 Å². The fraction of sp³-hybridized carbons (Fsp3) is 0.348. The Hall–Kier alpha value is -3.35. The van der Waals surface area contributed by atoms with Crippen molar-refractivity contribution in [2.45, 2.75) is 53.0 Å². The lowest BCUT2D eigenvalue weighted by Gasteiger charge is -2.13. The number of nitrogens with zero attached hydrogens (tertiary/aromatic N) is 3. The van der Waals surface area contributed by atoms with Crippen LogP contribution in [-0.4, -0.2) is 20.1 Å². The molecule has 7 heteroatoms. The van der Waals surface area contributed by atoms with Crippen molar-refractivity contribution in [3.05, 3.63) is 63.9 Å². The lowest BCUT2D eigenvalue weighted by Crippen LogP contribution is -2.27. The van der Waals surface area contributed by atoms with Crippen LogP contribution in [0.2, 0.25) is 0 Å². The number of nitrogens with one attached hydrogen (secondary N) is 1. The third-order valence-corrected chi connectivity index (χ3v) is 5.47. The SMILES string of the molecule is CCc1cccc(C)c1NC(=O)CCCn1nc(CC)n2c(cc3occc32)c1=O. The summed E-state index contributed by atoms with van der Waals surface area (Å²) in [7, 11) is 0. The summed E-state index contributed by atoms with van der Waals surface area (Å²) in [5.74, 6) is 0.738. The maximum atomic E-state index is 12.9. The number of carbonyl (C=O) groups is 1. The average molecular weight is 406 g/mol. The van der Waals surface area contributed by atoms with Crippen molar-refractivity contribution in [2.75, 3.05) is 5.32 Å². The number of hydrogen-bond donors (Lipinski definition) is 1. The van der Waals surface area contributed by atoms with Gasteiger partial charge in [0, 0.05) is 37.2 Å². The summed E-state index contributed by atoms with van der Waals surface area (Å²) >= 11 is 0. The van der Waals surface area contributed by atoms with Crippen molar-refractivity contribution in [2.24, 2.45) is 0 Å². The van der Waals surface area contributed by atoms with Gasteiger partial charge in [-0.1, -0.05) is 32.0 Å². The van der Waals surface area contributed by atoms with Gasteiger partial charge < -0.3 is 9.73 Å². The molecule has 7 nitrogen and oxygen atoms in total. The molecule has 1 amide bonds. The monoisotopic (exact) mass is 406 g/mol. The molecule has 0 aliphatic rings. The summed E-state index contributed by atoms with van der Waals surface area (Å²) in [5, 5.41) is 7.57. The Morgan fingerprint density at radius 1 is 1.17 bits per heavy atom. The Balaban J connectivity index is 1.50. The number of furan rings is 1. The number of fused-ring (bicyclic) bond motifs is 3. The highest BCUT2D eigenvalue weighted by molar-refractivity contribution is 5.92. The van der Waals surface area contributed by atoms with Crippen LogP contribution >= 0.6 is 0 Å². The van der Waals surface area contributed by atoms with Crippen LogP contribution in [0, 0.1) is 6.92 Å². The zero-order valence-electron chi connectivity index (χ0n) is 17.6. The first-order valence-electron chi connectivity index (χ1n) is 10.4. The number of para-hydroxylation sites is 1. The van der Waals surface area contributed by atoms with E-state index in [9.17, 15) is 9.59 Å². The molecule has 0 spiro atoms. The van der Waals surface area contributed by atoms with Crippen molar-refractivity contribution >= 4 is 28.2 Å². The summed E-state index contributed by atoms with van der Waals surface area (Å²) in [6.07, 6.45) is 4.00. The molecule has 3 heterocycles. The molecule has 0 saturated carbocycles. The lowest BCUT2D eigenvalue weighted by molar-refractivity contribution is -0.116. The number of hydrogen-bond acceptors (Lipinski definition) is 4. The molecule has 1 N–H and O–H groups in total. The quantitative estimate of drug-likeness (QED) is 0.501. The molecular weight excluding hydrogens is 380 g/mol. The van der Waals surface area contributed by atoms with Gasteiger partial charge in [0.25, 0.3) is 5.56 Å². The molecule has 0 aliphatic heterocycles. The van der Waals surface area contributed by atoms with Crippen molar-refractivity contribution in [3.63, 3.8) is 0 Å². The fourth-order valence-electron chi connectivity index (χ4n) is 3.90. The number of benzene rings is 1. The number of aromatic nitrogens is 3. The first kappa shape index (κ1) is 19.9. The maximum Gasteiger partial charge on any atom is 0.291 e.